The number of rotatable bonds is 5. The van der Waals surface area contributed by atoms with Gasteiger partial charge in [-0.25, -0.2) is 19.2 Å². The van der Waals surface area contributed by atoms with E-state index < -0.39 is 17.6 Å². The Labute approximate surface area is 221 Å². The van der Waals surface area contributed by atoms with Crippen LogP contribution in [0.25, 0.3) is 11.0 Å². The number of fused-ring (bicyclic) bond motifs is 1. The van der Waals surface area contributed by atoms with Crippen LogP contribution in [0.4, 0.5) is 39.8 Å². The van der Waals surface area contributed by atoms with Crippen molar-refractivity contribution in [3.8, 4) is 11.5 Å². The second-order valence-electron chi connectivity index (χ2n) is 9.16. The number of piperazine rings is 1. The molecule has 1 fully saturated rings. The van der Waals surface area contributed by atoms with Gasteiger partial charge in [0, 0.05) is 51.6 Å². The number of aryl methyl sites for hydroxylation is 1. The van der Waals surface area contributed by atoms with Gasteiger partial charge in [0.25, 0.3) is 0 Å². The van der Waals surface area contributed by atoms with Crippen LogP contribution in [0.5, 0.6) is 11.5 Å². The van der Waals surface area contributed by atoms with E-state index in [4.69, 9.17) is 4.74 Å². The topological polar surface area (TPSA) is 87.5 Å². The molecular formula is C26H25F4N7O2. The smallest absolute Gasteiger partial charge is 0.416 e. The number of pyridine rings is 1. The number of anilines is 3. The maximum absolute atomic E-state index is 14.2. The van der Waals surface area contributed by atoms with E-state index in [1.54, 1.807) is 46.8 Å². The third kappa shape index (κ3) is 5.87. The fourth-order valence-corrected chi connectivity index (χ4v) is 4.15. The van der Waals surface area contributed by atoms with Crippen molar-refractivity contribution in [3.05, 3.63) is 66.1 Å². The highest BCUT2D eigenvalue weighted by Gasteiger charge is 2.31. The standard InChI is InChI=1S/C26H25F4N7O2/c1-35-9-11-37(12-10-35)25(38)34-23-15-18(7-8-31-23)39-17-4-6-22-21(14-17)33-24(36(22)2)32-20-13-16(26(28,29)30)3-5-19(20)27/h3-8,13-15H,9-12H2,1-2H3,(H,32,33)(H,31,34,38). The largest absolute Gasteiger partial charge is 0.457 e. The average molecular weight is 544 g/mol. The summed E-state index contributed by atoms with van der Waals surface area (Å²) >= 11 is 0. The zero-order valence-corrected chi connectivity index (χ0v) is 21.1. The Morgan fingerprint density at radius 1 is 0.974 bits per heavy atom. The molecule has 2 aromatic heterocycles. The molecule has 2 amide bonds. The number of urea groups is 1. The molecule has 4 aromatic rings. The number of imidazole rings is 1. The minimum Gasteiger partial charge on any atom is -0.457 e. The molecule has 1 aliphatic heterocycles. The second-order valence-corrected chi connectivity index (χ2v) is 9.16. The van der Waals surface area contributed by atoms with E-state index in [0.717, 1.165) is 19.2 Å². The summed E-state index contributed by atoms with van der Waals surface area (Å²) in [6.07, 6.45) is -3.09. The van der Waals surface area contributed by atoms with Gasteiger partial charge in [0.2, 0.25) is 5.95 Å². The van der Waals surface area contributed by atoms with Gasteiger partial charge in [-0.15, -0.1) is 0 Å². The first kappa shape index (κ1) is 26.2. The van der Waals surface area contributed by atoms with Gasteiger partial charge in [-0.1, -0.05) is 0 Å². The molecule has 13 heteroatoms. The summed E-state index contributed by atoms with van der Waals surface area (Å²) in [6, 6.07) is 10.2. The van der Waals surface area contributed by atoms with Crippen LogP contribution in [-0.4, -0.2) is 63.6 Å². The second kappa shape index (κ2) is 10.4. The highest BCUT2D eigenvalue weighted by Crippen LogP contribution is 2.33. The monoisotopic (exact) mass is 543 g/mol. The summed E-state index contributed by atoms with van der Waals surface area (Å²) in [5, 5.41) is 5.43. The fourth-order valence-electron chi connectivity index (χ4n) is 4.15. The molecule has 5 rings (SSSR count). The lowest BCUT2D eigenvalue weighted by molar-refractivity contribution is -0.137. The molecule has 0 spiro atoms. The predicted octanol–water partition coefficient (Wildman–Crippen LogP) is 5.44. The first-order valence-corrected chi connectivity index (χ1v) is 12.1. The molecule has 39 heavy (non-hydrogen) atoms. The SMILES string of the molecule is CN1CCN(C(=O)Nc2cc(Oc3ccc4c(c3)nc(Nc3cc(C(F)(F)F)ccc3F)n4C)ccn2)CC1. The number of ether oxygens (including phenoxy) is 1. The van der Waals surface area contributed by atoms with Gasteiger partial charge in [0.15, 0.2) is 0 Å². The highest BCUT2D eigenvalue weighted by atomic mass is 19.4. The Morgan fingerprint density at radius 3 is 2.46 bits per heavy atom. The molecule has 1 saturated heterocycles. The van der Waals surface area contributed by atoms with E-state index in [2.05, 4.69) is 25.5 Å². The Hall–Kier alpha value is -4.39. The van der Waals surface area contributed by atoms with Crippen LogP contribution in [0, 0.1) is 5.82 Å². The lowest BCUT2D eigenvalue weighted by atomic mass is 10.2. The van der Waals surface area contributed by atoms with Crippen LogP contribution in [0.3, 0.4) is 0 Å². The Balaban J connectivity index is 1.31. The average Bonchev–Trinajstić information content (AvgIpc) is 3.19. The van der Waals surface area contributed by atoms with E-state index in [9.17, 15) is 22.4 Å². The lowest BCUT2D eigenvalue weighted by Crippen LogP contribution is -2.48. The molecule has 0 atom stereocenters. The lowest BCUT2D eigenvalue weighted by Gasteiger charge is -2.32. The van der Waals surface area contributed by atoms with Gasteiger partial charge in [-0.3, -0.25) is 5.32 Å². The van der Waals surface area contributed by atoms with Gasteiger partial charge in [0.1, 0.15) is 23.1 Å². The molecular weight excluding hydrogens is 518 g/mol. The molecule has 0 bridgehead atoms. The van der Waals surface area contributed by atoms with Gasteiger partial charge < -0.3 is 24.4 Å². The molecule has 2 N–H and O–H groups in total. The minimum atomic E-state index is -4.61. The third-order valence-electron chi connectivity index (χ3n) is 6.39. The summed E-state index contributed by atoms with van der Waals surface area (Å²) in [5.41, 5.74) is -0.199. The van der Waals surface area contributed by atoms with Crippen molar-refractivity contribution in [2.45, 2.75) is 6.18 Å². The number of carbonyl (C=O) groups is 1. The number of nitrogens with one attached hydrogen (secondary N) is 2. The number of aromatic nitrogens is 3. The molecule has 0 unspecified atom stereocenters. The Kier molecular flexibility index (Phi) is 7.00. The zero-order chi connectivity index (χ0) is 27.7. The number of halogens is 4. The molecule has 0 saturated carbocycles. The van der Waals surface area contributed by atoms with E-state index >= 15 is 0 Å². The number of benzene rings is 2. The van der Waals surface area contributed by atoms with Crippen LogP contribution >= 0.6 is 0 Å². The summed E-state index contributed by atoms with van der Waals surface area (Å²) < 4.78 is 61.0. The van der Waals surface area contributed by atoms with Crippen molar-refractivity contribution in [2.24, 2.45) is 7.05 Å². The number of likely N-dealkylation sites (N-methyl/N-ethyl adjacent to an activating group) is 1. The van der Waals surface area contributed by atoms with Crippen molar-refractivity contribution in [2.75, 3.05) is 43.9 Å². The predicted molar refractivity (Wildman–Crippen MR) is 138 cm³/mol. The highest BCUT2D eigenvalue weighted by molar-refractivity contribution is 5.88. The Bertz CT molecular complexity index is 1510. The van der Waals surface area contributed by atoms with Crippen LogP contribution in [-0.2, 0) is 13.2 Å². The first-order valence-electron chi connectivity index (χ1n) is 12.1. The summed E-state index contributed by atoms with van der Waals surface area (Å²) in [6.45, 7) is 2.85. The summed E-state index contributed by atoms with van der Waals surface area (Å²) in [4.78, 5) is 25.0. The molecule has 2 aromatic carbocycles. The molecule has 3 heterocycles. The summed E-state index contributed by atoms with van der Waals surface area (Å²) in [7, 11) is 3.66. The zero-order valence-electron chi connectivity index (χ0n) is 21.1. The van der Waals surface area contributed by atoms with Crippen LogP contribution < -0.4 is 15.4 Å². The van der Waals surface area contributed by atoms with Gasteiger partial charge >= 0.3 is 12.2 Å². The number of carbonyl (C=O) groups excluding carboxylic acids is 1. The van der Waals surface area contributed by atoms with Crippen LogP contribution in [0.1, 0.15) is 5.56 Å². The maximum Gasteiger partial charge on any atom is 0.416 e. The number of amides is 2. The van der Waals surface area contributed by atoms with E-state index in [1.807, 2.05) is 7.05 Å². The molecule has 204 valence electrons. The van der Waals surface area contributed by atoms with Crippen molar-refractivity contribution < 1.29 is 27.1 Å². The van der Waals surface area contributed by atoms with Gasteiger partial charge in [-0.2, -0.15) is 13.2 Å². The van der Waals surface area contributed by atoms with Crippen molar-refractivity contribution >= 4 is 34.5 Å². The molecule has 0 radical (unpaired) electrons. The van der Waals surface area contributed by atoms with Crippen molar-refractivity contribution in [3.63, 3.8) is 0 Å². The molecule has 0 aliphatic carbocycles. The maximum atomic E-state index is 14.2. The normalized spacial score (nSPS) is 14.5. The number of hydrogen-bond donors (Lipinski definition) is 2. The minimum absolute atomic E-state index is 0.151. The van der Waals surface area contributed by atoms with Gasteiger partial charge in [0.05, 0.1) is 22.3 Å². The quantitative estimate of drug-likeness (QED) is 0.326. The number of nitrogens with zero attached hydrogens (tertiary/aromatic N) is 5. The van der Waals surface area contributed by atoms with Crippen LogP contribution in [0.15, 0.2) is 54.7 Å². The third-order valence-corrected chi connectivity index (χ3v) is 6.39. The van der Waals surface area contributed by atoms with Crippen LogP contribution in [0.2, 0.25) is 0 Å². The van der Waals surface area contributed by atoms with Gasteiger partial charge in [-0.05, 0) is 43.4 Å². The van der Waals surface area contributed by atoms with E-state index in [0.29, 0.717) is 53.6 Å². The Morgan fingerprint density at radius 2 is 1.72 bits per heavy atom. The van der Waals surface area contributed by atoms with Crippen molar-refractivity contribution in [1.29, 1.82) is 0 Å². The molecule has 1 aliphatic rings. The van der Waals surface area contributed by atoms with E-state index in [-0.39, 0.29) is 17.7 Å². The summed E-state index contributed by atoms with van der Waals surface area (Å²) in [5.74, 6) is 0.508. The number of hydrogen-bond acceptors (Lipinski definition) is 6. The fraction of sp³-hybridized carbons (Fsp3) is 0.269. The van der Waals surface area contributed by atoms with E-state index in [1.165, 1.54) is 6.20 Å². The van der Waals surface area contributed by atoms with Crippen molar-refractivity contribution in [1.82, 2.24) is 24.3 Å². The molecule has 9 nitrogen and oxygen atoms in total. The number of alkyl halides is 3. The first-order chi connectivity index (χ1) is 18.6.